The van der Waals surface area contributed by atoms with E-state index in [-0.39, 0.29) is 7.92 Å². The molecule has 0 amide bonds. The van der Waals surface area contributed by atoms with E-state index in [1.165, 1.54) is 10.6 Å². The lowest BCUT2D eigenvalue weighted by Crippen LogP contribution is -1.79. The van der Waals surface area contributed by atoms with Crippen molar-refractivity contribution in [2.45, 2.75) is 20.8 Å². The van der Waals surface area contributed by atoms with Gasteiger partial charge in [0.1, 0.15) is 0 Å². The van der Waals surface area contributed by atoms with E-state index in [0.717, 1.165) is 0 Å². The summed E-state index contributed by atoms with van der Waals surface area (Å²) >= 11 is 0. The molecule has 1 unspecified atom stereocenters. The minimum Gasteiger partial charge on any atom is -0.0984 e. The average Bonchev–Trinajstić information content (AvgIpc) is 2.15. The van der Waals surface area contributed by atoms with E-state index < -0.39 is 0 Å². The van der Waals surface area contributed by atoms with Crippen molar-refractivity contribution in [1.29, 1.82) is 0 Å². The van der Waals surface area contributed by atoms with Crippen LogP contribution in [0.3, 0.4) is 0 Å². The Balaban J connectivity index is 4.74. The van der Waals surface area contributed by atoms with Crippen molar-refractivity contribution >= 4 is 7.92 Å². The lowest BCUT2D eigenvalue weighted by Gasteiger charge is -2.14. The van der Waals surface area contributed by atoms with Crippen molar-refractivity contribution in [2.75, 3.05) is 6.66 Å². The van der Waals surface area contributed by atoms with Gasteiger partial charge in [-0.3, -0.25) is 0 Å². The van der Waals surface area contributed by atoms with E-state index in [1.54, 1.807) is 0 Å². The first-order valence-corrected chi connectivity index (χ1v) is 6.31. The minimum atomic E-state index is -0.196. The Morgan fingerprint density at radius 3 is 1.92 bits per heavy atom. The molecule has 1 atom stereocenters. The van der Waals surface area contributed by atoms with E-state index in [1.807, 2.05) is 6.08 Å². The molecule has 0 rings (SSSR count). The molecular formula is C12H19P. The van der Waals surface area contributed by atoms with Gasteiger partial charge in [-0.2, -0.15) is 0 Å². The Hall–Kier alpha value is -0.610. The van der Waals surface area contributed by atoms with E-state index in [4.69, 9.17) is 0 Å². The highest BCUT2D eigenvalue weighted by Gasteiger charge is 2.06. The normalized spacial score (nSPS) is 16.3. The number of hydrogen-bond acceptors (Lipinski definition) is 0. The van der Waals surface area contributed by atoms with Crippen LogP contribution >= 0.6 is 7.92 Å². The third-order valence-corrected chi connectivity index (χ3v) is 4.31. The molecule has 0 bridgehead atoms. The molecule has 0 aliphatic carbocycles. The Morgan fingerprint density at radius 2 is 1.62 bits per heavy atom. The van der Waals surface area contributed by atoms with Crippen LogP contribution in [-0.2, 0) is 0 Å². The first-order valence-electron chi connectivity index (χ1n) is 4.52. The van der Waals surface area contributed by atoms with Crippen molar-refractivity contribution in [1.82, 2.24) is 0 Å². The average molecular weight is 194 g/mol. The molecule has 0 saturated carbocycles. The van der Waals surface area contributed by atoms with Crippen LogP contribution in [0.5, 0.6) is 0 Å². The summed E-state index contributed by atoms with van der Waals surface area (Å²) in [6, 6.07) is 0. The Kier molecular flexibility index (Phi) is 6.54. The van der Waals surface area contributed by atoms with Gasteiger partial charge in [-0.05, 0) is 46.0 Å². The van der Waals surface area contributed by atoms with Gasteiger partial charge in [0, 0.05) is 0 Å². The highest BCUT2D eigenvalue weighted by atomic mass is 31.1. The summed E-state index contributed by atoms with van der Waals surface area (Å²) < 4.78 is 0. The molecule has 13 heavy (non-hydrogen) atoms. The highest BCUT2D eigenvalue weighted by Crippen LogP contribution is 2.49. The molecule has 0 saturated heterocycles. The van der Waals surface area contributed by atoms with Gasteiger partial charge in [-0.1, -0.05) is 37.0 Å². The van der Waals surface area contributed by atoms with Gasteiger partial charge < -0.3 is 0 Å². The van der Waals surface area contributed by atoms with Gasteiger partial charge in [0.25, 0.3) is 0 Å². The lowest BCUT2D eigenvalue weighted by atomic mass is 10.4. The molecule has 1 heteroatoms. The lowest BCUT2D eigenvalue weighted by molar-refractivity contribution is 1.63. The quantitative estimate of drug-likeness (QED) is 0.450. The molecule has 0 nitrogen and oxygen atoms in total. The first-order chi connectivity index (χ1) is 6.21. The molecule has 72 valence electrons. The number of allylic oxidation sites excluding steroid dienone is 7. The maximum Gasteiger partial charge on any atom is -0.0244 e. The van der Waals surface area contributed by atoms with Gasteiger partial charge in [0.2, 0.25) is 0 Å². The zero-order valence-electron chi connectivity index (χ0n) is 9.04. The molecule has 0 aromatic carbocycles. The second kappa shape index (κ2) is 6.86. The minimum absolute atomic E-state index is 0.196. The predicted molar refractivity (Wildman–Crippen MR) is 65.4 cm³/mol. The van der Waals surface area contributed by atoms with Crippen LogP contribution < -0.4 is 0 Å². The largest absolute Gasteiger partial charge is 0.0984 e. The van der Waals surface area contributed by atoms with Crippen molar-refractivity contribution < 1.29 is 0 Å². The summed E-state index contributed by atoms with van der Waals surface area (Å²) in [6.45, 7) is 12.3. The topological polar surface area (TPSA) is 0 Å². The maximum atomic E-state index is 3.83. The predicted octanol–water partition coefficient (Wildman–Crippen LogP) is 4.67. The second-order valence-electron chi connectivity index (χ2n) is 2.69. The van der Waals surface area contributed by atoms with E-state index in [9.17, 15) is 0 Å². The van der Waals surface area contributed by atoms with E-state index in [2.05, 4.69) is 58.3 Å². The highest BCUT2D eigenvalue weighted by molar-refractivity contribution is 7.66. The standard InChI is InChI=1S/C12H19P/c1-6-10-12(9-4)13(5)11(7-2)8-3/h6-10H,2H2,1,3-5H3/b10-6-,11-8+,12-9+. The van der Waals surface area contributed by atoms with Crippen molar-refractivity contribution in [3.63, 3.8) is 0 Å². The molecule has 0 aliphatic rings. The number of hydrogen-bond donors (Lipinski definition) is 0. The second-order valence-corrected chi connectivity index (χ2v) is 4.84. The van der Waals surface area contributed by atoms with Crippen LogP contribution in [0.25, 0.3) is 0 Å². The van der Waals surface area contributed by atoms with Gasteiger partial charge >= 0.3 is 0 Å². The summed E-state index contributed by atoms with van der Waals surface area (Å²) in [4.78, 5) is 0. The first kappa shape index (κ1) is 12.4. The smallest absolute Gasteiger partial charge is 0.0244 e. The fraction of sp³-hybridized carbons (Fsp3) is 0.333. The molecular weight excluding hydrogens is 175 g/mol. The van der Waals surface area contributed by atoms with Crippen molar-refractivity contribution in [3.05, 3.63) is 47.6 Å². The third-order valence-electron chi connectivity index (χ3n) is 1.91. The van der Waals surface area contributed by atoms with Crippen molar-refractivity contribution in [2.24, 2.45) is 0 Å². The van der Waals surface area contributed by atoms with E-state index in [0.29, 0.717) is 0 Å². The van der Waals surface area contributed by atoms with Gasteiger partial charge in [-0.25, -0.2) is 0 Å². The fourth-order valence-corrected chi connectivity index (χ4v) is 2.89. The van der Waals surface area contributed by atoms with Crippen LogP contribution in [0, 0.1) is 0 Å². The Labute approximate surface area is 83.5 Å². The third kappa shape index (κ3) is 3.74. The van der Waals surface area contributed by atoms with Crippen LogP contribution in [0.1, 0.15) is 20.8 Å². The SMILES string of the molecule is C=C/C(=C\C)P(C)C(/C=C\C)=C/C. The van der Waals surface area contributed by atoms with Gasteiger partial charge in [0.15, 0.2) is 0 Å². The summed E-state index contributed by atoms with van der Waals surface area (Å²) in [7, 11) is -0.196. The molecule has 0 aromatic heterocycles. The van der Waals surface area contributed by atoms with Crippen molar-refractivity contribution in [3.8, 4) is 0 Å². The number of rotatable bonds is 4. The molecule has 0 aliphatic heterocycles. The monoisotopic (exact) mass is 194 g/mol. The van der Waals surface area contributed by atoms with Crippen LogP contribution in [0.2, 0.25) is 0 Å². The Bertz CT molecular complexity index is 244. The summed E-state index contributed by atoms with van der Waals surface area (Å²) in [5, 5.41) is 2.76. The fourth-order valence-electron chi connectivity index (χ4n) is 1.17. The summed E-state index contributed by atoms with van der Waals surface area (Å²) in [6.07, 6.45) is 10.5. The molecule has 0 heterocycles. The maximum absolute atomic E-state index is 3.83. The van der Waals surface area contributed by atoms with Gasteiger partial charge in [-0.15, -0.1) is 0 Å². The molecule has 0 radical (unpaired) electrons. The van der Waals surface area contributed by atoms with Gasteiger partial charge in [0.05, 0.1) is 0 Å². The summed E-state index contributed by atoms with van der Waals surface area (Å²) in [5.74, 6) is 0. The summed E-state index contributed by atoms with van der Waals surface area (Å²) in [5.41, 5.74) is 0. The van der Waals surface area contributed by atoms with E-state index >= 15 is 0 Å². The zero-order chi connectivity index (χ0) is 10.3. The Morgan fingerprint density at radius 1 is 1.08 bits per heavy atom. The van der Waals surface area contributed by atoms with Crippen LogP contribution in [0.4, 0.5) is 0 Å². The van der Waals surface area contributed by atoms with Crippen LogP contribution in [0.15, 0.2) is 47.6 Å². The molecule has 0 fully saturated rings. The molecule has 0 N–H and O–H groups in total. The molecule has 0 aromatic rings. The zero-order valence-corrected chi connectivity index (χ0v) is 9.94. The molecule has 0 spiro atoms. The van der Waals surface area contributed by atoms with Crippen LogP contribution in [-0.4, -0.2) is 6.66 Å².